The normalized spacial score (nSPS) is 19.0. The first-order chi connectivity index (χ1) is 31.9. The number of rotatable bonds is 13. The molecule has 0 unspecified atom stereocenters. The fraction of sp³-hybridized carbons (Fsp3) is 0.385. The number of alkyl carbamates (subject to hydrolysis) is 2. The van der Waals surface area contributed by atoms with Gasteiger partial charge in [-0.15, -0.1) is 0 Å². The second-order valence-electron chi connectivity index (χ2n) is 18.3. The minimum atomic E-state index is -0.736. The van der Waals surface area contributed by atoms with Crippen LogP contribution in [0.5, 0.6) is 0 Å². The first-order valence-corrected chi connectivity index (χ1v) is 23.0. The minimum absolute atomic E-state index is 0.110. The predicted molar refractivity (Wildman–Crippen MR) is 253 cm³/mol. The monoisotopic (exact) mass is 892 g/mol. The van der Waals surface area contributed by atoms with Crippen LogP contribution in [0.3, 0.4) is 0 Å². The molecule has 344 valence electrons. The van der Waals surface area contributed by atoms with E-state index < -0.39 is 24.3 Å². The van der Waals surface area contributed by atoms with Crippen LogP contribution >= 0.6 is 0 Å². The van der Waals surface area contributed by atoms with Crippen LogP contribution in [0, 0.1) is 17.8 Å². The number of amides is 4. The maximum atomic E-state index is 14.2. The number of likely N-dealkylation sites (tertiary alicyclic amines) is 2. The molecule has 4 amide bonds. The largest absolute Gasteiger partial charge is 0.453 e. The Balaban J connectivity index is 0.968. The number of carbonyl (C=O) groups is 4. The van der Waals surface area contributed by atoms with E-state index >= 15 is 0 Å². The molecule has 14 nitrogen and oxygen atoms in total. The summed E-state index contributed by atoms with van der Waals surface area (Å²) in [5.41, 5.74) is 9.45. The Bertz CT molecular complexity index is 2600. The quantitative estimate of drug-likeness (QED) is 0.0909. The lowest BCUT2D eigenvalue weighted by Crippen LogP contribution is -2.51. The van der Waals surface area contributed by atoms with Crippen molar-refractivity contribution in [1.82, 2.24) is 40.4 Å². The van der Waals surface area contributed by atoms with Gasteiger partial charge in [0.15, 0.2) is 0 Å². The van der Waals surface area contributed by atoms with Gasteiger partial charge in [0.1, 0.15) is 23.7 Å². The van der Waals surface area contributed by atoms with Gasteiger partial charge in [-0.05, 0) is 101 Å². The van der Waals surface area contributed by atoms with E-state index in [-0.39, 0.29) is 41.7 Å². The molecule has 0 spiro atoms. The highest BCUT2D eigenvalue weighted by molar-refractivity contribution is 5.90. The molecule has 0 bridgehead atoms. The minimum Gasteiger partial charge on any atom is -0.453 e. The van der Waals surface area contributed by atoms with Crippen LogP contribution in [0.4, 0.5) is 9.59 Å². The predicted octanol–water partition coefficient (Wildman–Crippen LogP) is 8.68. The number of benzene rings is 3. The smallest absolute Gasteiger partial charge is 0.407 e. The summed E-state index contributed by atoms with van der Waals surface area (Å²) in [4.78, 5) is 72.5. The van der Waals surface area contributed by atoms with Crippen molar-refractivity contribution in [2.75, 3.05) is 27.3 Å². The number of aromatic nitrogens is 4. The van der Waals surface area contributed by atoms with Gasteiger partial charge in [-0.2, -0.15) is 0 Å². The highest BCUT2D eigenvalue weighted by atomic mass is 16.5. The third-order valence-corrected chi connectivity index (χ3v) is 13.1. The molecule has 1 aliphatic carbocycles. The maximum absolute atomic E-state index is 14.2. The molecule has 14 heteroatoms. The number of aromatic amines is 2. The van der Waals surface area contributed by atoms with Crippen LogP contribution in [0.2, 0.25) is 0 Å². The second kappa shape index (κ2) is 20.1. The third-order valence-electron chi connectivity index (χ3n) is 13.1. The number of methoxy groups -OCH3 is 2. The number of hydrogen-bond donors (Lipinski definition) is 4. The van der Waals surface area contributed by atoms with Gasteiger partial charge in [-0.25, -0.2) is 19.6 Å². The van der Waals surface area contributed by atoms with Crippen molar-refractivity contribution in [2.24, 2.45) is 17.8 Å². The van der Waals surface area contributed by atoms with Crippen LogP contribution in [0.1, 0.15) is 92.9 Å². The topological polar surface area (TPSA) is 175 Å². The van der Waals surface area contributed by atoms with Crippen LogP contribution < -0.4 is 10.6 Å². The van der Waals surface area contributed by atoms with Crippen molar-refractivity contribution >= 4 is 35.6 Å². The van der Waals surface area contributed by atoms with Gasteiger partial charge in [-0.1, -0.05) is 107 Å². The molecule has 2 aliphatic heterocycles. The molecule has 5 aromatic rings. The Labute approximate surface area is 386 Å². The number of fused-ring (bicyclic) bond motifs is 1. The second-order valence-corrected chi connectivity index (χ2v) is 18.3. The average molecular weight is 893 g/mol. The number of hydrogen-bond acceptors (Lipinski definition) is 8. The molecule has 5 atom stereocenters. The van der Waals surface area contributed by atoms with E-state index in [0.717, 1.165) is 83.0 Å². The number of imidazole rings is 2. The van der Waals surface area contributed by atoms with Crippen molar-refractivity contribution in [3.63, 3.8) is 0 Å². The fourth-order valence-electron chi connectivity index (χ4n) is 9.54. The Morgan fingerprint density at radius 3 is 1.97 bits per heavy atom. The van der Waals surface area contributed by atoms with Gasteiger partial charge < -0.3 is 39.9 Å². The number of nitrogens with zero attached hydrogens (tertiary/aromatic N) is 4. The number of carbonyl (C=O) groups excluding carboxylic acids is 4. The summed E-state index contributed by atoms with van der Waals surface area (Å²) in [6, 6.07) is 23.3. The van der Waals surface area contributed by atoms with Gasteiger partial charge in [0.25, 0.3) is 0 Å². The third kappa shape index (κ3) is 9.97. The van der Waals surface area contributed by atoms with Crippen molar-refractivity contribution < 1.29 is 28.7 Å². The highest BCUT2D eigenvalue weighted by Gasteiger charge is 2.42. The lowest BCUT2D eigenvalue weighted by molar-refractivity contribution is -0.136. The number of allylic oxidation sites excluding steroid dienone is 3. The average Bonchev–Trinajstić information content (AvgIpc) is 4.16. The van der Waals surface area contributed by atoms with Crippen molar-refractivity contribution in [3.8, 4) is 22.5 Å². The van der Waals surface area contributed by atoms with Crippen LogP contribution in [-0.2, 0) is 31.9 Å². The van der Waals surface area contributed by atoms with Gasteiger partial charge in [0.05, 0.1) is 50.1 Å². The van der Waals surface area contributed by atoms with Gasteiger partial charge in [0.2, 0.25) is 11.8 Å². The Kier molecular flexibility index (Phi) is 13.9. The SMILES string of the molecule is COC(=O)N[C@H](C(=O)N1CCC[C@H]1c1ncc(-c2ccc3c(c2)CC=CC(c2ccc(-c4cnc([C@@H]5C[C@@H](Cc6ccccc6)CN5C(=O)[C@@H](NC(=O)OC)C(C)C)[nH]4)cc2)=C3)[nH]1)C(C)C. The molecule has 2 aromatic heterocycles. The molecule has 66 heavy (non-hydrogen) atoms. The van der Waals surface area contributed by atoms with E-state index in [1.807, 2.05) is 68.1 Å². The molecular formula is C52H60N8O6. The first kappa shape index (κ1) is 45.6. The number of nitrogens with one attached hydrogen (secondary N) is 4. The molecule has 4 N–H and O–H groups in total. The molecule has 0 radical (unpaired) electrons. The summed E-state index contributed by atoms with van der Waals surface area (Å²) in [6.45, 7) is 8.80. The van der Waals surface area contributed by atoms with E-state index in [4.69, 9.17) is 19.4 Å². The maximum Gasteiger partial charge on any atom is 0.407 e. The molecule has 8 rings (SSSR count). The molecular weight excluding hydrogens is 833 g/mol. The molecule has 0 saturated carbocycles. The van der Waals surface area contributed by atoms with E-state index in [1.54, 1.807) is 0 Å². The summed E-state index contributed by atoms with van der Waals surface area (Å²) >= 11 is 0. The van der Waals surface area contributed by atoms with E-state index in [2.05, 4.69) is 93.4 Å². The Morgan fingerprint density at radius 1 is 0.742 bits per heavy atom. The number of ether oxygens (including phenoxy) is 2. The lowest BCUT2D eigenvalue weighted by atomic mass is 9.96. The Hall–Kier alpha value is -6.96. The van der Waals surface area contributed by atoms with Crippen molar-refractivity contribution in [2.45, 2.75) is 84.0 Å². The molecule has 4 heterocycles. The summed E-state index contributed by atoms with van der Waals surface area (Å²) in [5.74, 6) is 1.13. The van der Waals surface area contributed by atoms with E-state index in [9.17, 15) is 19.2 Å². The highest BCUT2D eigenvalue weighted by Crippen LogP contribution is 2.38. The zero-order valence-corrected chi connectivity index (χ0v) is 38.5. The van der Waals surface area contributed by atoms with Crippen LogP contribution in [-0.4, -0.2) is 93.1 Å². The fourth-order valence-corrected chi connectivity index (χ4v) is 9.54. The molecule has 2 fully saturated rings. The summed E-state index contributed by atoms with van der Waals surface area (Å²) in [5, 5.41) is 5.48. The Morgan fingerprint density at radius 2 is 1.33 bits per heavy atom. The van der Waals surface area contributed by atoms with E-state index in [1.165, 1.54) is 25.3 Å². The standard InChI is InChI=1S/C52H60N8O6/c1-31(2)45(57-51(63)65-5)49(61)59-23-11-16-43(59)47-53-29-42(56-47)40-22-21-39-26-37(14-10-15-38(39)27-40)35-17-19-36(20-18-35)41-28-54-48(55-41)44-25-34(24-33-12-8-7-9-13-33)30-60(44)50(62)46(32(3)4)58-52(64)66-6/h7-10,12-14,17-22,26-29,31-32,34,43-46H,11,15-16,23-25,30H2,1-6H3,(H,53,56)(H,54,55)(H,57,63)(H,58,64)/t34-,43+,44+,45+,46+/m1/s1. The van der Waals surface area contributed by atoms with Crippen LogP contribution in [0.15, 0.2) is 97.3 Å². The van der Waals surface area contributed by atoms with Crippen LogP contribution in [0.25, 0.3) is 34.2 Å². The van der Waals surface area contributed by atoms with E-state index in [0.29, 0.717) is 13.1 Å². The summed E-state index contributed by atoms with van der Waals surface area (Å²) in [7, 11) is 2.60. The lowest BCUT2D eigenvalue weighted by Gasteiger charge is -2.30. The summed E-state index contributed by atoms with van der Waals surface area (Å²) in [6.07, 6.45) is 12.9. The van der Waals surface area contributed by atoms with Gasteiger partial charge in [-0.3, -0.25) is 9.59 Å². The zero-order valence-electron chi connectivity index (χ0n) is 38.5. The van der Waals surface area contributed by atoms with Crippen molar-refractivity contribution in [3.05, 3.63) is 131 Å². The van der Waals surface area contributed by atoms with Crippen molar-refractivity contribution in [1.29, 1.82) is 0 Å². The van der Waals surface area contributed by atoms with Gasteiger partial charge in [0, 0.05) is 13.1 Å². The zero-order chi connectivity index (χ0) is 46.5. The molecule has 2 saturated heterocycles. The summed E-state index contributed by atoms with van der Waals surface area (Å²) < 4.78 is 9.66. The number of H-pyrrole nitrogens is 2. The molecule has 3 aromatic carbocycles. The first-order valence-electron chi connectivity index (χ1n) is 23.0. The van der Waals surface area contributed by atoms with Gasteiger partial charge >= 0.3 is 12.2 Å². The molecule has 3 aliphatic rings.